The fourth-order valence-electron chi connectivity index (χ4n) is 2.99. The monoisotopic (exact) mass is 263 g/mol. The standard InChI is InChI=1S/C13H17N3O3/c1-8-6-10-9(7-15(8)13(18)19)12-11(17)4-2-3-5-16(12)14-10/h8H,2-7H2,1H3,(H,18,19). The minimum Gasteiger partial charge on any atom is -0.465 e. The second-order valence-electron chi connectivity index (χ2n) is 5.34. The molecule has 0 fully saturated rings. The Morgan fingerprint density at radius 3 is 2.95 bits per heavy atom. The fourth-order valence-corrected chi connectivity index (χ4v) is 2.99. The molecule has 102 valence electrons. The van der Waals surface area contributed by atoms with E-state index in [0.29, 0.717) is 18.5 Å². The molecule has 6 heteroatoms. The second-order valence-corrected chi connectivity index (χ2v) is 5.34. The Morgan fingerprint density at radius 1 is 1.42 bits per heavy atom. The van der Waals surface area contributed by atoms with Crippen molar-refractivity contribution >= 4 is 11.9 Å². The van der Waals surface area contributed by atoms with Gasteiger partial charge in [0, 0.05) is 31.0 Å². The van der Waals surface area contributed by atoms with Crippen LogP contribution in [-0.2, 0) is 19.5 Å². The topological polar surface area (TPSA) is 75.4 Å². The van der Waals surface area contributed by atoms with Crippen LogP contribution in [0.2, 0.25) is 0 Å². The Hall–Kier alpha value is -1.85. The molecular weight excluding hydrogens is 246 g/mol. The molecule has 1 atom stereocenters. The minimum absolute atomic E-state index is 0.0840. The molecule has 19 heavy (non-hydrogen) atoms. The van der Waals surface area contributed by atoms with E-state index in [1.54, 1.807) is 4.68 Å². The van der Waals surface area contributed by atoms with E-state index < -0.39 is 6.09 Å². The van der Waals surface area contributed by atoms with Crippen LogP contribution in [0.25, 0.3) is 0 Å². The first-order chi connectivity index (χ1) is 9.08. The molecule has 0 saturated carbocycles. The number of fused-ring (bicyclic) bond motifs is 3. The van der Waals surface area contributed by atoms with Crippen molar-refractivity contribution in [3.63, 3.8) is 0 Å². The zero-order valence-corrected chi connectivity index (χ0v) is 10.9. The van der Waals surface area contributed by atoms with E-state index in [-0.39, 0.29) is 18.4 Å². The molecule has 1 aromatic rings. The third-order valence-corrected chi connectivity index (χ3v) is 4.02. The number of ketones is 1. The maximum atomic E-state index is 12.2. The van der Waals surface area contributed by atoms with E-state index in [9.17, 15) is 14.7 Å². The third kappa shape index (κ3) is 1.91. The molecule has 3 rings (SSSR count). The van der Waals surface area contributed by atoms with E-state index in [0.717, 1.165) is 30.6 Å². The van der Waals surface area contributed by atoms with E-state index in [1.165, 1.54) is 4.90 Å². The van der Waals surface area contributed by atoms with Crippen molar-refractivity contribution in [2.75, 3.05) is 0 Å². The second kappa shape index (κ2) is 4.36. The van der Waals surface area contributed by atoms with Gasteiger partial charge in [-0.1, -0.05) is 0 Å². The summed E-state index contributed by atoms with van der Waals surface area (Å²) in [5.41, 5.74) is 2.37. The molecule has 1 N–H and O–H groups in total. The highest BCUT2D eigenvalue weighted by molar-refractivity contribution is 5.96. The van der Waals surface area contributed by atoms with Crippen LogP contribution in [0, 0.1) is 0 Å². The van der Waals surface area contributed by atoms with Crippen molar-refractivity contribution in [2.45, 2.75) is 51.7 Å². The number of carboxylic acid groups (broad SMARTS) is 1. The molecular formula is C13H17N3O3. The average Bonchev–Trinajstić information content (AvgIpc) is 2.60. The smallest absolute Gasteiger partial charge is 0.407 e. The van der Waals surface area contributed by atoms with Crippen LogP contribution in [-0.4, -0.2) is 37.7 Å². The lowest BCUT2D eigenvalue weighted by Crippen LogP contribution is -2.42. The largest absolute Gasteiger partial charge is 0.465 e. The minimum atomic E-state index is -0.931. The number of Topliss-reactive ketones (excluding diaryl/α,β-unsaturated/α-hetero) is 1. The number of carbonyl (C=O) groups is 2. The number of carbonyl (C=O) groups excluding carboxylic acids is 1. The number of aromatic nitrogens is 2. The number of nitrogens with zero attached hydrogens (tertiary/aromatic N) is 3. The summed E-state index contributed by atoms with van der Waals surface area (Å²) in [4.78, 5) is 24.8. The van der Waals surface area contributed by atoms with E-state index >= 15 is 0 Å². The summed E-state index contributed by atoms with van der Waals surface area (Å²) in [6, 6.07) is -0.0840. The van der Waals surface area contributed by atoms with Crippen molar-refractivity contribution in [3.8, 4) is 0 Å². The van der Waals surface area contributed by atoms with Crippen LogP contribution < -0.4 is 0 Å². The summed E-state index contributed by atoms with van der Waals surface area (Å²) in [5, 5.41) is 13.7. The van der Waals surface area contributed by atoms with Gasteiger partial charge in [-0.3, -0.25) is 9.48 Å². The van der Waals surface area contributed by atoms with Gasteiger partial charge >= 0.3 is 6.09 Å². The number of rotatable bonds is 0. The summed E-state index contributed by atoms with van der Waals surface area (Å²) in [7, 11) is 0. The average molecular weight is 263 g/mol. The van der Waals surface area contributed by atoms with Crippen LogP contribution in [0.5, 0.6) is 0 Å². The van der Waals surface area contributed by atoms with Crippen LogP contribution in [0.1, 0.15) is 47.9 Å². The van der Waals surface area contributed by atoms with Crippen molar-refractivity contribution < 1.29 is 14.7 Å². The first kappa shape index (κ1) is 12.2. The van der Waals surface area contributed by atoms with Gasteiger partial charge in [0.25, 0.3) is 0 Å². The molecule has 6 nitrogen and oxygen atoms in total. The number of aryl methyl sites for hydroxylation is 1. The molecule has 1 unspecified atom stereocenters. The first-order valence-electron chi connectivity index (χ1n) is 6.69. The predicted molar refractivity (Wildman–Crippen MR) is 67.1 cm³/mol. The Labute approximate surface area is 111 Å². The molecule has 0 aliphatic carbocycles. The van der Waals surface area contributed by atoms with Crippen molar-refractivity contribution in [3.05, 3.63) is 17.0 Å². The Morgan fingerprint density at radius 2 is 2.21 bits per heavy atom. The highest BCUT2D eigenvalue weighted by Crippen LogP contribution is 2.28. The van der Waals surface area contributed by atoms with Gasteiger partial charge in [0.05, 0.1) is 12.2 Å². The summed E-state index contributed by atoms with van der Waals surface area (Å²) in [5.74, 6) is 0.103. The van der Waals surface area contributed by atoms with E-state index in [4.69, 9.17) is 0 Å². The number of amides is 1. The van der Waals surface area contributed by atoms with Gasteiger partial charge in [0.2, 0.25) is 0 Å². The lowest BCUT2D eigenvalue weighted by molar-refractivity contribution is 0.0967. The highest BCUT2D eigenvalue weighted by atomic mass is 16.4. The van der Waals surface area contributed by atoms with Gasteiger partial charge < -0.3 is 10.0 Å². The highest BCUT2D eigenvalue weighted by Gasteiger charge is 2.33. The number of hydrogen-bond acceptors (Lipinski definition) is 3. The van der Waals surface area contributed by atoms with Gasteiger partial charge in [-0.15, -0.1) is 0 Å². The van der Waals surface area contributed by atoms with Crippen LogP contribution in [0.3, 0.4) is 0 Å². The zero-order chi connectivity index (χ0) is 13.6. The first-order valence-corrected chi connectivity index (χ1v) is 6.69. The molecule has 1 amide bonds. The lowest BCUT2D eigenvalue weighted by atomic mass is 9.98. The predicted octanol–water partition coefficient (Wildman–Crippen LogP) is 1.67. The molecule has 0 saturated heterocycles. The Balaban J connectivity index is 2.05. The van der Waals surface area contributed by atoms with Gasteiger partial charge in [-0.2, -0.15) is 5.10 Å². The van der Waals surface area contributed by atoms with Crippen molar-refractivity contribution in [1.29, 1.82) is 0 Å². The summed E-state index contributed by atoms with van der Waals surface area (Å²) in [6.07, 6.45) is 2.04. The molecule has 0 radical (unpaired) electrons. The molecule has 1 aromatic heterocycles. The van der Waals surface area contributed by atoms with Crippen LogP contribution in [0.4, 0.5) is 4.79 Å². The third-order valence-electron chi connectivity index (χ3n) is 4.02. The molecule has 0 aromatic carbocycles. The summed E-state index contributed by atoms with van der Waals surface area (Å²) in [6.45, 7) is 2.92. The molecule has 0 bridgehead atoms. The normalized spacial score (nSPS) is 22.7. The maximum absolute atomic E-state index is 12.2. The van der Waals surface area contributed by atoms with Gasteiger partial charge in [-0.05, 0) is 19.8 Å². The Kier molecular flexibility index (Phi) is 2.80. The summed E-state index contributed by atoms with van der Waals surface area (Å²) >= 11 is 0. The van der Waals surface area contributed by atoms with Gasteiger partial charge in [0.1, 0.15) is 5.69 Å². The van der Waals surface area contributed by atoms with Crippen LogP contribution >= 0.6 is 0 Å². The molecule has 0 spiro atoms. The maximum Gasteiger partial charge on any atom is 0.407 e. The van der Waals surface area contributed by atoms with Crippen LogP contribution in [0.15, 0.2) is 0 Å². The molecule has 2 aliphatic heterocycles. The zero-order valence-electron chi connectivity index (χ0n) is 10.9. The van der Waals surface area contributed by atoms with Crippen molar-refractivity contribution in [2.24, 2.45) is 0 Å². The Bertz CT molecular complexity index is 550. The molecule has 3 heterocycles. The van der Waals surface area contributed by atoms with E-state index in [1.807, 2.05) is 6.92 Å². The summed E-state index contributed by atoms with van der Waals surface area (Å²) < 4.78 is 1.79. The molecule has 2 aliphatic rings. The number of hydrogen-bond donors (Lipinski definition) is 1. The lowest BCUT2D eigenvalue weighted by Gasteiger charge is -2.30. The SMILES string of the molecule is CC1Cc2nn3c(c2CN1C(=O)O)C(=O)CCCC3. The van der Waals surface area contributed by atoms with Crippen molar-refractivity contribution in [1.82, 2.24) is 14.7 Å². The van der Waals surface area contributed by atoms with E-state index in [2.05, 4.69) is 5.10 Å². The fraction of sp³-hybridized carbons (Fsp3) is 0.615. The van der Waals surface area contributed by atoms with Gasteiger partial charge in [-0.25, -0.2) is 4.79 Å². The van der Waals surface area contributed by atoms with Gasteiger partial charge in [0.15, 0.2) is 5.78 Å². The quantitative estimate of drug-likeness (QED) is 0.772.